The first-order valence-corrected chi connectivity index (χ1v) is 5.75. The summed E-state index contributed by atoms with van der Waals surface area (Å²) in [5.74, 6) is -0.350. The van der Waals surface area contributed by atoms with Crippen LogP contribution in [0.25, 0.3) is 0 Å². The lowest BCUT2D eigenvalue weighted by atomic mass is 9.95. The highest BCUT2D eigenvalue weighted by Crippen LogP contribution is 2.22. The van der Waals surface area contributed by atoms with E-state index in [-0.39, 0.29) is 5.82 Å². The van der Waals surface area contributed by atoms with Gasteiger partial charge in [-0.1, -0.05) is 19.3 Å². The first kappa shape index (κ1) is 10.9. The van der Waals surface area contributed by atoms with Crippen LogP contribution in [-0.4, -0.2) is 6.04 Å². The summed E-state index contributed by atoms with van der Waals surface area (Å²) in [6.45, 7) is 0. The van der Waals surface area contributed by atoms with E-state index >= 15 is 0 Å². The molecule has 0 bridgehead atoms. The summed E-state index contributed by atoms with van der Waals surface area (Å²) >= 11 is 0. The molecule has 0 spiro atoms. The van der Waals surface area contributed by atoms with Crippen LogP contribution in [0.15, 0.2) is 18.2 Å². The Morgan fingerprint density at radius 2 is 1.94 bits per heavy atom. The molecule has 1 aromatic rings. The van der Waals surface area contributed by atoms with Gasteiger partial charge in [0, 0.05) is 11.7 Å². The van der Waals surface area contributed by atoms with Gasteiger partial charge in [-0.05, 0) is 31.0 Å². The van der Waals surface area contributed by atoms with Crippen molar-refractivity contribution >= 4 is 5.69 Å². The zero-order chi connectivity index (χ0) is 11.4. The molecule has 0 amide bonds. The van der Waals surface area contributed by atoms with Crippen molar-refractivity contribution in [2.75, 3.05) is 5.32 Å². The average Bonchev–Trinajstić information content (AvgIpc) is 2.29. The molecule has 1 aliphatic carbocycles. The number of halogens is 1. The monoisotopic (exact) mass is 218 g/mol. The Labute approximate surface area is 95.1 Å². The Kier molecular flexibility index (Phi) is 3.40. The van der Waals surface area contributed by atoms with Gasteiger partial charge in [-0.2, -0.15) is 5.26 Å². The number of rotatable bonds is 2. The molecule has 0 heterocycles. The minimum absolute atomic E-state index is 0.350. The predicted molar refractivity (Wildman–Crippen MR) is 61.6 cm³/mol. The van der Waals surface area contributed by atoms with Crippen LogP contribution in [0.1, 0.15) is 37.7 Å². The van der Waals surface area contributed by atoms with Crippen molar-refractivity contribution in [1.82, 2.24) is 0 Å². The van der Waals surface area contributed by atoms with Gasteiger partial charge in [-0.25, -0.2) is 4.39 Å². The van der Waals surface area contributed by atoms with Crippen LogP contribution in [0.3, 0.4) is 0 Å². The van der Waals surface area contributed by atoms with Crippen molar-refractivity contribution in [2.45, 2.75) is 38.1 Å². The van der Waals surface area contributed by atoms with Gasteiger partial charge in [-0.3, -0.25) is 0 Å². The summed E-state index contributed by atoms with van der Waals surface area (Å²) in [6.07, 6.45) is 6.04. The van der Waals surface area contributed by atoms with E-state index in [1.165, 1.54) is 31.4 Å². The van der Waals surface area contributed by atoms with Crippen LogP contribution in [0.2, 0.25) is 0 Å². The Balaban J connectivity index is 2.08. The van der Waals surface area contributed by atoms with Crippen molar-refractivity contribution in [3.05, 3.63) is 29.6 Å². The van der Waals surface area contributed by atoms with Gasteiger partial charge in [0.05, 0.1) is 11.6 Å². The summed E-state index contributed by atoms with van der Waals surface area (Å²) in [4.78, 5) is 0. The maximum atomic E-state index is 13.2. The molecule has 2 rings (SSSR count). The Morgan fingerprint density at radius 1 is 1.19 bits per heavy atom. The van der Waals surface area contributed by atoms with Crippen LogP contribution in [-0.2, 0) is 0 Å². The summed E-state index contributed by atoms with van der Waals surface area (Å²) < 4.78 is 13.2. The van der Waals surface area contributed by atoms with Crippen LogP contribution >= 0.6 is 0 Å². The van der Waals surface area contributed by atoms with Crippen LogP contribution in [0.5, 0.6) is 0 Å². The third kappa shape index (κ3) is 2.73. The number of nitriles is 1. The zero-order valence-electron chi connectivity index (χ0n) is 9.17. The Bertz CT molecular complexity index is 403. The van der Waals surface area contributed by atoms with E-state index in [9.17, 15) is 4.39 Å². The third-order valence-corrected chi connectivity index (χ3v) is 3.00. The largest absolute Gasteiger partial charge is 0.382 e. The minimum Gasteiger partial charge on any atom is -0.382 e. The molecule has 0 radical (unpaired) electrons. The standard InChI is InChI=1S/C13H15FN2/c14-11-6-10(9-15)7-13(8-11)16-12-4-2-1-3-5-12/h6-8,12,16H,1-5H2. The molecule has 1 fully saturated rings. The topological polar surface area (TPSA) is 35.8 Å². The van der Waals surface area contributed by atoms with E-state index in [1.54, 1.807) is 6.07 Å². The molecule has 1 aliphatic rings. The molecular formula is C13H15FN2. The van der Waals surface area contributed by atoms with E-state index < -0.39 is 0 Å². The summed E-state index contributed by atoms with van der Waals surface area (Å²) in [7, 11) is 0. The Morgan fingerprint density at radius 3 is 2.62 bits per heavy atom. The summed E-state index contributed by atoms with van der Waals surface area (Å²) in [6, 6.07) is 6.81. The fourth-order valence-corrected chi connectivity index (χ4v) is 2.22. The normalized spacial score (nSPS) is 16.8. The number of hydrogen-bond acceptors (Lipinski definition) is 2. The van der Waals surface area contributed by atoms with Gasteiger partial charge in [0.2, 0.25) is 0 Å². The molecule has 1 N–H and O–H groups in total. The van der Waals surface area contributed by atoms with E-state index in [1.807, 2.05) is 6.07 Å². The highest BCUT2D eigenvalue weighted by atomic mass is 19.1. The van der Waals surface area contributed by atoms with Gasteiger partial charge >= 0.3 is 0 Å². The number of nitrogens with zero attached hydrogens (tertiary/aromatic N) is 1. The van der Waals surface area contributed by atoms with E-state index in [2.05, 4.69) is 5.32 Å². The molecule has 0 aliphatic heterocycles. The van der Waals surface area contributed by atoms with E-state index in [0.29, 0.717) is 11.6 Å². The molecular weight excluding hydrogens is 203 g/mol. The Hall–Kier alpha value is -1.56. The van der Waals surface area contributed by atoms with Crippen LogP contribution < -0.4 is 5.32 Å². The van der Waals surface area contributed by atoms with Gasteiger partial charge in [0.25, 0.3) is 0 Å². The molecule has 1 aromatic carbocycles. The van der Waals surface area contributed by atoms with Gasteiger partial charge < -0.3 is 5.32 Å². The quantitative estimate of drug-likeness (QED) is 0.825. The lowest BCUT2D eigenvalue weighted by Gasteiger charge is -2.23. The number of hydrogen-bond donors (Lipinski definition) is 1. The van der Waals surface area contributed by atoms with Crippen LogP contribution in [0, 0.1) is 17.1 Å². The predicted octanol–water partition coefficient (Wildman–Crippen LogP) is 3.44. The molecule has 3 heteroatoms. The van der Waals surface area contributed by atoms with E-state index in [4.69, 9.17) is 5.26 Å². The van der Waals surface area contributed by atoms with Crippen LogP contribution in [0.4, 0.5) is 10.1 Å². The molecule has 2 nitrogen and oxygen atoms in total. The fourth-order valence-electron chi connectivity index (χ4n) is 2.22. The van der Waals surface area contributed by atoms with Crippen molar-refractivity contribution in [2.24, 2.45) is 0 Å². The van der Waals surface area contributed by atoms with Crippen molar-refractivity contribution in [3.63, 3.8) is 0 Å². The first-order chi connectivity index (χ1) is 7.78. The maximum Gasteiger partial charge on any atom is 0.126 e. The highest BCUT2D eigenvalue weighted by molar-refractivity contribution is 5.50. The molecule has 0 unspecified atom stereocenters. The second-order valence-corrected chi connectivity index (χ2v) is 4.32. The lowest BCUT2D eigenvalue weighted by molar-refractivity contribution is 0.462. The second-order valence-electron chi connectivity index (χ2n) is 4.32. The number of anilines is 1. The average molecular weight is 218 g/mol. The molecule has 16 heavy (non-hydrogen) atoms. The summed E-state index contributed by atoms with van der Waals surface area (Å²) in [5.41, 5.74) is 1.10. The van der Waals surface area contributed by atoms with Gasteiger partial charge in [-0.15, -0.1) is 0 Å². The molecule has 1 saturated carbocycles. The SMILES string of the molecule is N#Cc1cc(F)cc(NC2CCCCC2)c1. The number of nitrogens with one attached hydrogen (secondary N) is 1. The first-order valence-electron chi connectivity index (χ1n) is 5.75. The highest BCUT2D eigenvalue weighted by Gasteiger charge is 2.13. The van der Waals surface area contributed by atoms with Gasteiger partial charge in [0.1, 0.15) is 5.82 Å². The number of benzene rings is 1. The smallest absolute Gasteiger partial charge is 0.126 e. The maximum absolute atomic E-state index is 13.2. The lowest BCUT2D eigenvalue weighted by Crippen LogP contribution is -2.22. The fraction of sp³-hybridized carbons (Fsp3) is 0.462. The molecule has 84 valence electrons. The van der Waals surface area contributed by atoms with Crippen molar-refractivity contribution in [1.29, 1.82) is 5.26 Å². The second kappa shape index (κ2) is 4.98. The molecule has 0 atom stereocenters. The molecule has 0 saturated heterocycles. The summed E-state index contributed by atoms with van der Waals surface area (Å²) in [5, 5.41) is 12.1. The minimum atomic E-state index is -0.350. The zero-order valence-corrected chi connectivity index (χ0v) is 9.17. The van der Waals surface area contributed by atoms with Crippen molar-refractivity contribution in [3.8, 4) is 6.07 Å². The third-order valence-electron chi connectivity index (χ3n) is 3.00. The van der Waals surface area contributed by atoms with Gasteiger partial charge in [0.15, 0.2) is 0 Å². The van der Waals surface area contributed by atoms with Crippen molar-refractivity contribution < 1.29 is 4.39 Å². The molecule has 0 aromatic heterocycles. The van der Waals surface area contributed by atoms with E-state index in [0.717, 1.165) is 18.5 Å².